The number of aliphatic carboxylic acids is 2. The predicted octanol–water partition coefficient (Wildman–Crippen LogP) is 4.32. The number of fused-ring (bicyclic) bond motifs is 1. The van der Waals surface area contributed by atoms with Gasteiger partial charge in [-0.25, -0.2) is 28.0 Å². The number of alkyl halides is 6. The number of pyridine rings is 1. The smallest absolute Gasteiger partial charge is 0.475 e. The highest BCUT2D eigenvalue weighted by molar-refractivity contribution is 7.91. The maximum Gasteiger partial charge on any atom is 0.490 e. The Labute approximate surface area is 256 Å². The van der Waals surface area contributed by atoms with Crippen LogP contribution in [0.1, 0.15) is 25.8 Å². The van der Waals surface area contributed by atoms with Gasteiger partial charge in [0, 0.05) is 23.5 Å². The molecule has 1 aliphatic rings. The third-order valence-corrected chi connectivity index (χ3v) is 8.08. The van der Waals surface area contributed by atoms with E-state index in [9.17, 15) is 34.8 Å². The molecule has 3 aromatic heterocycles. The molecular weight excluding hydrogens is 654 g/mol. The lowest BCUT2D eigenvalue weighted by molar-refractivity contribution is -0.193. The van der Waals surface area contributed by atoms with Gasteiger partial charge in [0.05, 0.1) is 28.5 Å². The summed E-state index contributed by atoms with van der Waals surface area (Å²) in [7, 11) is -3.33. The Morgan fingerprint density at radius 3 is 2.15 bits per heavy atom. The topological polar surface area (TPSA) is 204 Å². The molecule has 0 radical (unpaired) electrons. The van der Waals surface area contributed by atoms with Crippen molar-refractivity contribution in [2.24, 2.45) is 0 Å². The molecule has 0 amide bonds. The first-order valence-electron chi connectivity index (χ1n) is 13.1. The van der Waals surface area contributed by atoms with Gasteiger partial charge in [-0.15, -0.1) is 0 Å². The summed E-state index contributed by atoms with van der Waals surface area (Å²) in [5.41, 5.74) is 9.41. The number of nitrogens with zero attached hydrogens (tertiary/aromatic N) is 4. The Balaban J connectivity index is 0.000000345. The normalized spacial score (nSPS) is 14.2. The van der Waals surface area contributed by atoms with Crippen molar-refractivity contribution >= 4 is 38.7 Å². The van der Waals surface area contributed by atoms with Gasteiger partial charge in [-0.2, -0.15) is 31.4 Å². The number of sulfone groups is 1. The molecule has 0 bridgehead atoms. The molecular formula is C26H26F6N6O7S. The first kappa shape index (κ1) is 35.8. The summed E-state index contributed by atoms with van der Waals surface area (Å²) in [4.78, 5) is 26.8. The lowest BCUT2D eigenvalue weighted by atomic mass is 10.1. The van der Waals surface area contributed by atoms with Crippen molar-refractivity contribution in [1.82, 2.24) is 25.1 Å². The number of piperidine rings is 1. The molecule has 250 valence electrons. The zero-order valence-electron chi connectivity index (χ0n) is 23.6. The van der Waals surface area contributed by atoms with E-state index < -0.39 is 34.1 Å². The zero-order valence-corrected chi connectivity index (χ0v) is 24.4. The number of rotatable bonds is 5. The van der Waals surface area contributed by atoms with Crippen molar-refractivity contribution < 1.29 is 59.0 Å². The van der Waals surface area contributed by atoms with E-state index in [0.717, 1.165) is 37.1 Å². The lowest BCUT2D eigenvalue weighted by Gasteiger charge is -2.22. The van der Waals surface area contributed by atoms with Crippen molar-refractivity contribution in [2.75, 3.05) is 24.6 Å². The van der Waals surface area contributed by atoms with Gasteiger partial charge in [0.15, 0.2) is 15.4 Å². The number of carboxylic acid groups (broad SMARTS) is 2. The van der Waals surface area contributed by atoms with Crippen LogP contribution < -0.4 is 11.1 Å². The van der Waals surface area contributed by atoms with Crippen LogP contribution in [-0.2, 0) is 19.4 Å². The van der Waals surface area contributed by atoms with Crippen molar-refractivity contribution in [3.05, 3.63) is 42.9 Å². The highest BCUT2D eigenvalue weighted by Gasteiger charge is 2.38. The first-order valence-corrected chi connectivity index (χ1v) is 14.7. The molecule has 13 nitrogen and oxygen atoms in total. The number of oxazole rings is 1. The van der Waals surface area contributed by atoms with Gasteiger partial charge in [-0.1, -0.05) is 6.92 Å². The number of aromatic nitrogens is 4. The van der Waals surface area contributed by atoms with E-state index in [1.54, 1.807) is 19.2 Å². The van der Waals surface area contributed by atoms with Crippen molar-refractivity contribution in [1.29, 1.82) is 0 Å². The molecule has 5 N–H and O–H groups in total. The van der Waals surface area contributed by atoms with Crippen LogP contribution in [0.25, 0.3) is 33.7 Å². The summed E-state index contributed by atoms with van der Waals surface area (Å²) in [5.74, 6) is -4.91. The van der Waals surface area contributed by atoms with Gasteiger partial charge in [0.25, 0.3) is 0 Å². The van der Waals surface area contributed by atoms with Gasteiger partial charge in [0.1, 0.15) is 11.3 Å². The molecule has 20 heteroatoms. The van der Waals surface area contributed by atoms with Crippen LogP contribution in [0.2, 0.25) is 0 Å². The zero-order chi connectivity index (χ0) is 34.4. The van der Waals surface area contributed by atoms with Crippen LogP contribution in [0.4, 0.5) is 32.2 Å². The van der Waals surface area contributed by atoms with Crippen LogP contribution in [0.15, 0.2) is 52.2 Å². The average molecular weight is 681 g/mol. The minimum atomic E-state index is -5.08. The van der Waals surface area contributed by atoms with E-state index in [2.05, 4.69) is 20.4 Å². The summed E-state index contributed by atoms with van der Waals surface area (Å²) >= 11 is 0. The average Bonchev–Trinajstić information content (AvgIpc) is 3.65. The Hall–Kier alpha value is -4.72. The minimum Gasteiger partial charge on any atom is -0.475 e. The molecule has 5 rings (SSSR count). The van der Waals surface area contributed by atoms with E-state index in [1.807, 2.05) is 23.1 Å². The maximum absolute atomic E-state index is 12.2. The second-order valence-corrected chi connectivity index (χ2v) is 11.8. The molecule has 0 unspecified atom stereocenters. The van der Waals surface area contributed by atoms with Gasteiger partial charge in [0.2, 0.25) is 5.89 Å². The number of hydrogen-bond donors (Lipinski definition) is 4. The van der Waals surface area contributed by atoms with Crippen molar-refractivity contribution in [3.8, 4) is 22.6 Å². The largest absolute Gasteiger partial charge is 0.490 e. The Morgan fingerprint density at radius 1 is 1.02 bits per heavy atom. The number of benzene rings is 1. The van der Waals surface area contributed by atoms with Crippen LogP contribution in [0.5, 0.6) is 0 Å². The van der Waals surface area contributed by atoms with Crippen LogP contribution in [0.3, 0.4) is 0 Å². The van der Waals surface area contributed by atoms with Gasteiger partial charge >= 0.3 is 24.3 Å². The van der Waals surface area contributed by atoms with E-state index in [0.29, 0.717) is 28.6 Å². The van der Waals surface area contributed by atoms with E-state index in [-0.39, 0.29) is 16.5 Å². The van der Waals surface area contributed by atoms with Crippen LogP contribution in [-0.4, -0.2) is 81.5 Å². The quantitative estimate of drug-likeness (QED) is 0.218. The molecule has 0 saturated carbocycles. The predicted molar refractivity (Wildman–Crippen MR) is 149 cm³/mol. The molecule has 4 heterocycles. The Kier molecular flexibility index (Phi) is 11.0. The fourth-order valence-corrected chi connectivity index (χ4v) is 4.84. The van der Waals surface area contributed by atoms with Crippen LogP contribution >= 0.6 is 0 Å². The molecule has 0 aliphatic carbocycles. The number of nitrogens with one attached hydrogen (secondary N) is 1. The first-order chi connectivity index (χ1) is 21.3. The summed E-state index contributed by atoms with van der Waals surface area (Å²) in [6, 6.07) is 6.93. The minimum absolute atomic E-state index is 0.0210. The third kappa shape index (κ3) is 9.16. The van der Waals surface area contributed by atoms with Gasteiger partial charge in [-0.3, -0.25) is 4.68 Å². The van der Waals surface area contributed by atoms with Crippen molar-refractivity contribution in [2.45, 2.75) is 43.1 Å². The SMILES string of the molecule is CCS(=O)(=O)c1ccc2oc(-c3cc(-c4cnn(C5CCNCC5)c4)cnc3N)nc2c1.O=C(O)C(F)(F)F.O=C(O)C(F)(F)F. The van der Waals surface area contributed by atoms with E-state index in [4.69, 9.17) is 30.0 Å². The Morgan fingerprint density at radius 2 is 1.61 bits per heavy atom. The second kappa shape index (κ2) is 14.1. The molecule has 4 aromatic rings. The molecule has 1 fully saturated rings. The van der Waals surface area contributed by atoms with Crippen LogP contribution in [0, 0.1) is 0 Å². The number of halogens is 6. The van der Waals surface area contributed by atoms with E-state index in [1.165, 1.54) is 12.1 Å². The fourth-order valence-electron chi connectivity index (χ4n) is 3.95. The summed E-state index contributed by atoms with van der Waals surface area (Å²) in [6.45, 7) is 3.60. The highest BCUT2D eigenvalue weighted by atomic mass is 32.2. The van der Waals surface area contributed by atoms with E-state index >= 15 is 0 Å². The molecule has 1 aromatic carbocycles. The number of nitrogen functional groups attached to an aromatic ring is 1. The molecule has 0 spiro atoms. The molecule has 46 heavy (non-hydrogen) atoms. The monoisotopic (exact) mass is 680 g/mol. The fraction of sp³-hybridized carbons (Fsp3) is 0.346. The molecule has 0 atom stereocenters. The Bertz CT molecular complexity index is 1770. The van der Waals surface area contributed by atoms with Gasteiger partial charge < -0.3 is 25.7 Å². The summed E-state index contributed by atoms with van der Waals surface area (Å²) < 4.78 is 95.7. The summed E-state index contributed by atoms with van der Waals surface area (Å²) in [6.07, 6.45) is -2.51. The number of hydrogen-bond acceptors (Lipinski definition) is 10. The number of anilines is 1. The molecule has 1 saturated heterocycles. The number of carbonyl (C=O) groups is 2. The van der Waals surface area contributed by atoms with Gasteiger partial charge in [-0.05, 0) is 50.2 Å². The second-order valence-electron chi connectivity index (χ2n) is 9.50. The molecule has 1 aliphatic heterocycles. The lowest BCUT2D eigenvalue weighted by Crippen LogP contribution is -2.29. The van der Waals surface area contributed by atoms with Crippen molar-refractivity contribution in [3.63, 3.8) is 0 Å². The maximum atomic E-state index is 12.2. The standard InChI is InChI=1S/C22H24N6O3S.2C2HF3O2/c1-2-32(29,30)17-3-4-20-19(10-17)27-22(31-20)18-9-14(11-25-21(18)23)15-12-26-28(13-15)16-5-7-24-8-6-16;2*3-2(4,5)1(6)7/h3-4,9-13,16,24H,2,5-8H2,1H3,(H2,23,25);2*(H,6,7). The summed E-state index contributed by atoms with van der Waals surface area (Å²) in [5, 5.41) is 22.2. The number of nitrogens with two attached hydrogens (primary N) is 1. The third-order valence-electron chi connectivity index (χ3n) is 6.35. The highest BCUT2D eigenvalue weighted by Crippen LogP contribution is 2.32. The number of carboxylic acids is 2.